The van der Waals surface area contributed by atoms with Crippen molar-refractivity contribution in [3.8, 4) is 17.0 Å². The summed E-state index contributed by atoms with van der Waals surface area (Å²) in [6.07, 6.45) is 1.77. The molecule has 1 fully saturated rings. The molecule has 2 aromatic carbocycles. The summed E-state index contributed by atoms with van der Waals surface area (Å²) < 4.78 is 10.4. The number of nitrogens with zero attached hydrogens (tertiary/aromatic N) is 3. The lowest BCUT2D eigenvalue weighted by atomic mass is 10.1. The van der Waals surface area contributed by atoms with Gasteiger partial charge in [0.25, 0.3) is 5.91 Å². The first-order valence-electron chi connectivity index (χ1n) is 9.95. The second-order valence-corrected chi connectivity index (χ2v) is 9.04. The van der Waals surface area contributed by atoms with Crippen molar-refractivity contribution < 1.29 is 19.0 Å². The van der Waals surface area contributed by atoms with Gasteiger partial charge in [-0.15, -0.1) is 0 Å². The van der Waals surface area contributed by atoms with Gasteiger partial charge in [0.2, 0.25) is 11.7 Å². The van der Waals surface area contributed by atoms with Gasteiger partial charge >= 0.3 is 0 Å². The fourth-order valence-electron chi connectivity index (χ4n) is 3.24. The molecule has 1 N–H and O–H groups in total. The zero-order valence-corrected chi connectivity index (χ0v) is 19.8. The monoisotopic (exact) mass is 480 g/mol. The number of amides is 2. The predicted octanol–water partition coefficient (Wildman–Crippen LogP) is 4.20. The number of benzene rings is 2. The molecule has 2 heterocycles. The summed E-state index contributed by atoms with van der Waals surface area (Å²) in [4.78, 5) is 27.3. The smallest absolute Gasteiger partial charge is 0.266 e. The van der Waals surface area contributed by atoms with E-state index in [-0.39, 0.29) is 18.3 Å². The zero-order valence-electron chi connectivity index (χ0n) is 18.1. The molecule has 2 amide bonds. The molecule has 1 aliphatic heterocycles. The lowest BCUT2D eigenvalue weighted by Gasteiger charge is -2.13. The maximum Gasteiger partial charge on any atom is 0.266 e. The van der Waals surface area contributed by atoms with Gasteiger partial charge in [0.1, 0.15) is 16.6 Å². The third-order valence-electron chi connectivity index (χ3n) is 4.99. The number of nitrogens with one attached hydrogen (secondary N) is 1. The molecule has 0 spiro atoms. The van der Waals surface area contributed by atoms with Gasteiger partial charge in [-0.1, -0.05) is 53.8 Å². The molecule has 1 saturated heterocycles. The van der Waals surface area contributed by atoms with E-state index in [0.29, 0.717) is 20.7 Å². The average Bonchev–Trinajstić information content (AvgIpc) is 3.34. The van der Waals surface area contributed by atoms with Crippen molar-refractivity contribution in [2.45, 2.75) is 13.8 Å². The van der Waals surface area contributed by atoms with E-state index in [2.05, 4.69) is 15.6 Å². The molecular weight excluding hydrogens is 460 g/mol. The second-order valence-electron chi connectivity index (χ2n) is 7.37. The first-order chi connectivity index (χ1) is 15.9. The molecule has 33 heavy (non-hydrogen) atoms. The third-order valence-corrected chi connectivity index (χ3v) is 6.36. The van der Waals surface area contributed by atoms with Crippen molar-refractivity contribution in [1.82, 2.24) is 15.2 Å². The van der Waals surface area contributed by atoms with Crippen LogP contribution in [0.1, 0.15) is 16.7 Å². The Morgan fingerprint density at radius 3 is 2.67 bits per heavy atom. The topological polar surface area (TPSA) is 97.6 Å². The van der Waals surface area contributed by atoms with Gasteiger partial charge in [-0.2, -0.15) is 0 Å². The Morgan fingerprint density at radius 1 is 1.21 bits per heavy atom. The average molecular weight is 481 g/mol. The van der Waals surface area contributed by atoms with Crippen LogP contribution in [0.4, 0.5) is 5.82 Å². The first-order valence-corrected chi connectivity index (χ1v) is 11.2. The van der Waals surface area contributed by atoms with Crippen LogP contribution in [-0.2, 0) is 9.59 Å². The molecule has 10 heteroatoms. The Balaban J connectivity index is 1.47. The molecule has 0 radical (unpaired) electrons. The van der Waals surface area contributed by atoms with Gasteiger partial charge in [0.15, 0.2) is 5.69 Å². The molecular formula is C23H20N4O4S2. The summed E-state index contributed by atoms with van der Waals surface area (Å²) in [6, 6.07) is 13.2. The maximum atomic E-state index is 12.8. The first kappa shape index (κ1) is 22.7. The van der Waals surface area contributed by atoms with Crippen molar-refractivity contribution in [3.63, 3.8) is 0 Å². The Labute approximate surface area is 199 Å². The lowest BCUT2D eigenvalue weighted by molar-refractivity contribution is -0.126. The summed E-state index contributed by atoms with van der Waals surface area (Å²) >= 11 is 6.50. The number of aromatic nitrogens is 2. The lowest BCUT2D eigenvalue weighted by Crippen LogP contribution is -2.36. The zero-order chi connectivity index (χ0) is 23.5. The van der Waals surface area contributed by atoms with Crippen LogP contribution >= 0.6 is 24.0 Å². The molecule has 1 aromatic heterocycles. The molecule has 0 unspecified atom stereocenters. The second kappa shape index (κ2) is 9.55. The standard InChI is InChI=1S/C23H20N4O4S2/c1-13-4-6-15(7-5-13)11-18-22(29)27(23(32)33-18)12-19(28)24-21-20(25-31-26-21)17-9-8-16(30-3)10-14(17)2/h4-11H,12H2,1-3H3,(H,24,26,28)/b18-11-. The maximum absolute atomic E-state index is 12.8. The molecule has 0 saturated carbocycles. The number of methoxy groups -OCH3 is 1. The Morgan fingerprint density at radius 2 is 1.97 bits per heavy atom. The summed E-state index contributed by atoms with van der Waals surface area (Å²) in [5.41, 5.74) is 4.01. The van der Waals surface area contributed by atoms with E-state index in [1.165, 1.54) is 16.7 Å². The largest absolute Gasteiger partial charge is 0.497 e. The summed E-state index contributed by atoms with van der Waals surface area (Å²) in [5.74, 6) is 0.0801. The number of ether oxygens (including phenoxy) is 1. The number of thioether (sulfide) groups is 1. The number of rotatable bonds is 6. The highest BCUT2D eigenvalue weighted by atomic mass is 32.2. The summed E-state index contributed by atoms with van der Waals surface area (Å²) in [7, 11) is 1.58. The quantitative estimate of drug-likeness (QED) is 0.414. The van der Waals surface area contributed by atoms with Crippen LogP contribution in [0.2, 0.25) is 0 Å². The highest BCUT2D eigenvalue weighted by Gasteiger charge is 2.33. The fourth-order valence-corrected chi connectivity index (χ4v) is 4.50. The Bertz CT molecular complexity index is 1270. The molecule has 0 aliphatic carbocycles. The van der Waals surface area contributed by atoms with Gasteiger partial charge in [-0.3, -0.25) is 14.5 Å². The Hall–Kier alpha value is -3.50. The van der Waals surface area contributed by atoms with Crippen LogP contribution in [0, 0.1) is 13.8 Å². The number of carbonyl (C=O) groups is 2. The van der Waals surface area contributed by atoms with Crippen molar-refractivity contribution in [2.24, 2.45) is 0 Å². The van der Waals surface area contributed by atoms with E-state index in [1.807, 2.05) is 44.2 Å². The van der Waals surface area contributed by atoms with Gasteiger partial charge in [0.05, 0.1) is 12.0 Å². The van der Waals surface area contributed by atoms with Gasteiger partial charge in [-0.25, -0.2) is 4.63 Å². The molecule has 0 atom stereocenters. The van der Waals surface area contributed by atoms with Crippen LogP contribution in [-0.4, -0.2) is 45.0 Å². The number of carbonyl (C=O) groups excluding carboxylic acids is 2. The van der Waals surface area contributed by atoms with Gasteiger partial charge in [0, 0.05) is 5.56 Å². The van der Waals surface area contributed by atoms with Crippen molar-refractivity contribution in [2.75, 3.05) is 19.0 Å². The minimum absolute atomic E-state index is 0.161. The van der Waals surface area contributed by atoms with Crippen LogP contribution in [0.25, 0.3) is 17.3 Å². The van der Waals surface area contributed by atoms with Crippen LogP contribution in [0.5, 0.6) is 5.75 Å². The van der Waals surface area contributed by atoms with Gasteiger partial charge in [-0.05, 0) is 59.6 Å². The van der Waals surface area contributed by atoms with Crippen molar-refractivity contribution >= 4 is 52.0 Å². The summed E-state index contributed by atoms with van der Waals surface area (Å²) in [5, 5.41) is 10.4. The molecule has 168 valence electrons. The van der Waals surface area contributed by atoms with Crippen molar-refractivity contribution in [3.05, 3.63) is 64.1 Å². The van der Waals surface area contributed by atoms with E-state index in [4.69, 9.17) is 21.6 Å². The van der Waals surface area contributed by atoms with E-state index in [1.54, 1.807) is 25.3 Å². The SMILES string of the molecule is COc1ccc(-c2nonc2NC(=O)CN2C(=O)/C(=C/c3ccc(C)cc3)SC2=S)c(C)c1. The number of anilines is 1. The normalized spacial score (nSPS) is 14.8. The molecule has 1 aliphatic rings. The molecule has 3 aromatic rings. The van der Waals surface area contributed by atoms with Crippen molar-refractivity contribution in [1.29, 1.82) is 0 Å². The van der Waals surface area contributed by atoms with E-state index < -0.39 is 5.91 Å². The number of thiocarbonyl (C=S) groups is 1. The van der Waals surface area contributed by atoms with Crippen LogP contribution in [0.3, 0.4) is 0 Å². The van der Waals surface area contributed by atoms with E-state index in [9.17, 15) is 9.59 Å². The van der Waals surface area contributed by atoms with E-state index in [0.717, 1.165) is 22.3 Å². The van der Waals surface area contributed by atoms with Gasteiger partial charge < -0.3 is 10.1 Å². The highest BCUT2D eigenvalue weighted by Crippen LogP contribution is 2.33. The third kappa shape index (κ3) is 4.96. The van der Waals surface area contributed by atoms with Crippen LogP contribution < -0.4 is 10.1 Å². The van der Waals surface area contributed by atoms with E-state index >= 15 is 0 Å². The minimum atomic E-state index is -0.467. The number of hydrogen-bond acceptors (Lipinski definition) is 8. The minimum Gasteiger partial charge on any atom is -0.497 e. The molecule has 8 nitrogen and oxygen atoms in total. The molecule has 0 bridgehead atoms. The summed E-state index contributed by atoms with van der Waals surface area (Å²) in [6.45, 7) is 3.63. The number of aryl methyl sites for hydroxylation is 2. The van der Waals surface area contributed by atoms with Crippen LogP contribution in [0.15, 0.2) is 52.0 Å². The highest BCUT2D eigenvalue weighted by molar-refractivity contribution is 8.26. The molecule has 4 rings (SSSR count). The Kier molecular flexibility index (Phi) is 6.57. The fraction of sp³-hybridized carbons (Fsp3) is 0.174. The predicted molar refractivity (Wildman–Crippen MR) is 131 cm³/mol. The number of hydrogen-bond donors (Lipinski definition) is 1.